The van der Waals surface area contributed by atoms with Crippen molar-refractivity contribution in [3.63, 3.8) is 0 Å². The molecule has 1 amide bonds. The smallest absolute Gasteiger partial charge is 0.251 e. The number of hydrogen-bond donors (Lipinski definition) is 1. The number of carbonyl (C=O) groups excluding carboxylic acids is 1. The lowest BCUT2D eigenvalue weighted by atomic mass is 10.2. The van der Waals surface area contributed by atoms with Crippen LogP contribution in [0.4, 0.5) is 0 Å². The highest BCUT2D eigenvalue weighted by molar-refractivity contribution is 6.29. The molecule has 1 aliphatic rings. The van der Waals surface area contributed by atoms with E-state index in [2.05, 4.69) is 10.3 Å². The molecule has 2 heterocycles. The average molecular weight is 271 g/mol. The van der Waals surface area contributed by atoms with Gasteiger partial charge in [0.05, 0.1) is 13.2 Å². The van der Waals surface area contributed by atoms with Gasteiger partial charge < -0.3 is 14.8 Å². The number of pyridine rings is 1. The minimum Gasteiger partial charge on any atom is -0.481 e. The quantitative estimate of drug-likeness (QED) is 0.845. The maximum Gasteiger partial charge on any atom is 0.251 e. The van der Waals surface area contributed by atoms with E-state index in [1.807, 2.05) is 0 Å². The van der Waals surface area contributed by atoms with Gasteiger partial charge in [-0.1, -0.05) is 11.6 Å². The van der Waals surface area contributed by atoms with Crippen molar-refractivity contribution in [1.82, 2.24) is 10.3 Å². The molecule has 0 aliphatic carbocycles. The van der Waals surface area contributed by atoms with E-state index in [0.717, 1.165) is 19.4 Å². The molecule has 1 fully saturated rings. The summed E-state index contributed by atoms with van der Waals surface area (Å²) in [6.45, 7) is 1.29. The normalized spacial score (nSPS) is 18.7. The molecule has 0 bridgehead atoms. The van der Waals surface area contributed by atoms with Gasteiger partial charge in [-0.3, -0.25) is 4.79 Å². The molecular formula is C12H15ClN2O3. The Kier molecular flexibility index (Phi) is 4.38. The number of aromatic nitrogens is 1. The van der Waals surface area contributed by atoms with E-state index in [0.29, 0.717) is 18.0 Å². The van der Waals surface area contributed by atoms with Gasteiger partial charge in [-0.15, -0.1) is 0 Å². The second-order valence-corrected chi connectivity index (χ2v) is 4.45. The van der Waals surface area contributed by atoms with Crippen molar-refractivity contribution in [3.8, 4) is 5.88 Å². The maximum atomic E-state index is 11.9. The highest BCUT2D eigenvalue weighted by atomic mass is 35.5. The number of ether oxygens (including phenoxy) is 2. The van der Waals surface area contributed by atoms with Crippen LogP contribution in [0.3, 0.4) is 0 Å². The molecule has 1 aromatic heterocycles. The molecule has 1 N–H and O–H groups in total. The molecule has 0 radical (unpaired) electrons. The van der Waals surface area contributed by atoms with Crippen molar-refractivity contribution in [3.05, 3.63) is 22.8 Å². The van der Waals surface area contributed by atoms with Crippen molar-refractivity contribution in [2.75, 3.05) is 20.3 Å². The monoisotopic (exact) mass is 270 g/mol. The first-order valence-electron chi connectivity index (χ1n) is 5.80. The summed E-state index contributed by atoms with van der Waals surface area (Å²) < 4.78 is 10.4. The van der Waals surface area contributed by atoms with Crippen LogP contribution in [0.15, 0.2) is 12.1 Å². The van der Waals surface area contributed by atoms with Gasteiger partial charge in [-0.2, -0.15) is 0 Å². The number of nitrogens with zero attached hydrogens (tertiary/aromatic N) is 1. The number of nitrogens with one attached hydrogen (secondary N) is 1. The van der Waals surface area contributed by atoms with Gasteiger partial charge in [0.2, 0.25) is 5.88 Å². The average Bonchev–Trinajstić information content (AvgIpc) is 2.88. The summed E-state index contributed by atoms with van der Waals surface area (Å²) in [5.41, 5.74) is 0.435. The fraction of sp³-hybridized carbons (Fsp3) is 0.500. The van der Waals surface area contributed by atoms with Gasteiger partial charge in [0.15, 0.2) is 0 Å². The Morgan fingerprint density at radius 3 is 3.17 bits per heavy atom. The Hall–Kier alpha value is -1.33. The van der Waals surface area contributed by atoms with E-state index < -0.39 is 0 Å². The lowest BCUT2D eigenvalue weighted by molar-refractivity contribution is 0.0857. The molecule has 0 spiro atoms. The second-order valence-electron chi connectivity index (χ2n) is 4.07. The van der Waals surface area contributed by atoms with Gasteiger partial charge in [0.25, 0.3) is 5.91 Å². The molecule has 1 aliphatic heterocycles. The largest absolute Gasteiger partial charge is 0.481 e. The van der Waals surface area contributed by atoms with Crippen molar-refractivity contribution in [2.45, 2.75) is 18.9 Å². The van der Waals surface area contributed by atoms with E-state index in [1.54, 1.807) is 6.07 Å². The first-order valence-corrected chi connectivity index (χ1v) is 6.18. The summed E-state index contributed by atoms with van der Waals surface area (Å²) in [5, 5.41) is 3.05. The van der Waals surface area contributed by atoms with Crippen LogP contribution in [0.5, 0.6) is 5.88 Å². The fourth-order valence-electron chi connectivity index (χ4n) is 1.82. The zero-order valence-electron chi connectivity index (χ0n) is 10.1. The van der Waals surface area contributed by atoms with Gasteiger partial charge in [0, 0.05) is 24.8 Å². The fourth-order valence-corrected chi connectivity index (χ4v) is 2.02. The first-order chi connectivity index (χ1) is 8.69. The zero-order valence-corrected chi connectivity index (χ0v) is 10.9. The second kappa shape index (κ2) is 6.02. The van der Waals surface area contributed by atoms with Crippen LogP contribution in [0, 0.1) is 0 Å². The van der Waals surface area contributed by atoms with Gasteiger partial charge in [0.1, 0.15) is 5.15 Å². The molecule has 1 aromatic rings. The molecule has 0 aromatic carbocycles. The van der Waals surface area contributed by atoms with Crippen LogP contribution in [-0.4, -0.2) is 37.3 Å². The number of amides is 1. The van der Waals surface area contributed by atoms with Crippen LogP contribution < -0.4 is 10.1 Å². The molecule has 0 saturated carbocycles. The van der Waals surface area contributed by atoms with Gasteiger partial charge in [-0.05, 0) is 18.9 Å². The predicted molar refractivity (Wildman–Crippen MR) is 67.1 cm³/mol. The Bertz CT molecular complexity index is 433. The van der Waals surface area contributed by atoms with E-state index in [9.17, 15) is 4.79 Å². The minimum absolute atomic E-state index is 0.119. The lowest BCUT2D eigenvalue weighted by Gasteiger charge is -2.11. The number of rotatable bonds is 4. The molecule has 1 saturated heterocycles. The predicted octanol–water partition coefficient (Wildman–Crippen LogP) is 1.65. The Labute approximate surface area is 110 Å². The number of methoxy groups -OCH3 is 1. The van der Waals surface area contributed by atoms with Crippen LogP contribution in [0.2, 0.25) is 5.15 Å². The van der Waals surface area contributed by atoms with Crippen LogP contribution in [0.25, 0.3) is 0 Å². The third-order valence-corrected chi connectivity index (χ3v) is 2.95. The number of carbonyl (C=O) groups is 1. The topological polar surface area (TPSA) is 60.5 Å². The third kappa shape index (κ3) is 3.34. The van der Waals surface area contributed by atoms with E-state index in [4.69, 9.17) is 21.1 Å². The third-order valence-electron chi connectivity index (χ3n) is 2.76. The Balaban J connectivity index is 1.97. The molecule has 6 heteroatoms. The van der Waals surface area contributed by atoms with E-state index in [-0.39, 0.29) is 17.2 Å². The molecule has 1 atom stereocenters. The zero-order chi connectivity index (χ0) is 13.0. The Morgan fingerprint density at radius 1 is 1.67 bits per heavy atom. The van der Waals surface area contributed by atoms with E-state index in [1.165, 1.54) is 13.2 Å². The van der Waals surface area contributed by atoms with Crippen molar-refractivity contribution >= 4 is 17.5 Å². The molecule has 5 nitrogen and oxygen atoms in total. The summed E-state index contributed by atoms with van der Waals surface area (Å²) in [6.07, 6.45) is 2.16. The van der Waals surface area contributed by atoms with Crippen molar-refractivity contribution < 1.29 is 14.3 Å². The van der Waals surface area contributed by atoms with E-state index >= 15 is 0 Å². The van der Waals surface area contributed by atoms with Crippen LogP contribution in [0.1, 0.15) is 23.2 Å². The van der Waals surface area contributed by atoms with Crippen LogP contribution in [-0.2, 0) is 4.74 Å². The molecular weight excluding hydrogens is 256 g/mol. The summed E-state index contributed by atoms with van der Waals surface area (Å²) in [7, 11) is 1.48. The van der Waals surface area contributed by atoms with Crippen molar-refractivity contribution in [1.29, 1.82) is 0 Å². The van der Waals surface area contributed by atoms with Gasteiger partial charge in [-0.25, -0.2) is 4.98 Å². The number of halogens is 1. The van der Waals surface area contributed by atoms with Gasteiger partial charge >= 0.3 is 0 Å². The number of hydrogen-bond acceptors (Lipinski definition) is 4. The standard InChI is InChI=1S/C12H15ClN2O3/c1-17-11-6-8(5-10(13)15-11)12(16)14-7-9-3-2-4-18-9/h5-6,9H,2-4,7H2,1H3,(H,14,16). The minimum atomic E-state index is -0.201. The van der Waals surface area contributed by atoms with Crippen molar-refractivity contribution in [2.24, 2.45) is 0 Å². The van der Waals surface area contributed by atoms with Crippen LogP contribution >= 0.6 is 11.6 Å². The highest BCUT2D eigenvalue weighted by Crippen LogP contribution is 2.16. The summed E-state index contributed by atoms with van der Waals surface area (Å²) >= 11 is 5.80. The molecule has 18 heavy (non-hydrogen) atoms. The highest BCUT2D eigenvalue weighted by Gasteiger charge is 2.17. The Morgan fingerprint density at radius 2 is 2.50 bits per heavy atom. The summed E-state index contributed by atoms with van der Waals surface area (Å²) in [5.74, 6) is 0.123. The molecule has 2 rings (SSSR count). The summed E-state index contributed by atoms with van der Waals surface area (Å²) in [6, 6.07) is 3.06. The maximum absolute atomic E-state index is 11.9. The molecule has 98 valence electrons. The first kappa shape index (κ1) is 13.1. The summed E-state index contributed by atoms with van der Waals surface area (Å²) in [4.78, 5) is 15.8. The SMILES string of the molecule is COc1cc(C(=O)NCC2CCCO2)cc(Cl)n1. The molecule has 1 unspecified atom stereocenters. The lowest BCUT2D eigenvalue weighted by Crippen LogP contribution is -2.31.